The zero-order chi connectivity index (χ0) is 21.7. The van der Waals surface area contributed by atoms with Gasteiger partial charge in [0.05, 0.1) is 34.2 Å². The topological polar surface area (TPSA) is 37.6 Å². The van der Waals surface area contributed by atoms with Crippen molar-refractivity contribution < 1.29 is 0 Å². The summed E-state index contributed by atoms with van der Waals surface area (Å²) >= 11 is 0. The average molecular weight is 398 g/mol. The van der Waals surface area contributed by atoms with Crippen LogP contribution in [0.3, 0.4) is 0 Å². The van der Waals surface area contributed by atoms with E-state index in [1.807, 2.05) is 44.2 Å². The first kappa shape index (κ1) is 21.6. The number of aliphatic imine (C=N–C) groups is 2. The Morgan fingerprint density at radius 1 is 0.733 bits per heavy atom. The second kappa shape index (κ2) is 9.17. The Labute approximate surface area is 180 Å². The van der Waals surface area contributed by atoms with E-state index in [9.17, 15) is 0 Å². The number of hydrogen-bond acceptors (Lipinski definition) is 3. The van der Waals surface area contributed by atoms with Gasteiger partial charge in [0, 0.05) is 0 Å². The fourth-order valence-corrected chi connectivity index (χ4v) is 3.44. The molecule has 2 aromatic carbocycles. The van der Waals surface area contributed by atoms with Gasteiger partial charge in [0.15, 0.2) is 0 Å². The maximum absolute atomic E-state index is 4.92. The van der Waals surface area contributed by atoms with E-state index < -0.39 is 0 Å². The molecule has 0 N–H and O–H groups in total. The molecule has 30 heavy (non-hydrogen) atoms. The largest absolute Gasteiger partial charge is 0.251 e. The first-order valence-electron chi connectivity index (χ1n) is 10.6. The number of aryl methyl sites for hydroxylation is 1. The SMILES string of the molecule is CCc1ccccc1/N=C(\C)c1cccc(/C(C)=N/c2ccccc2C(C)(C)C)n1. The first-order valence-corrected chi connectivity index (χ1v) is 10.6. The molecule has 0 unspecified atom stereocenters. The Kier molecular flexibility index (Phi) is 6.61. The minimum atomic E-state index is 0.0333. The van der Waals surface area contributed by atoms with Gasteiger partial charge in [-0.05, 0) is 61.1 Å². The van der Waals surface area contributed by atoms with E-state index in [2.05, 4.69) is 64.1 Å². The van der Waals surface area contributed by atoms with Crippen LogP contribution >= 0.6 is 0 Å². The van der Waals surface area contributed by atoms with Gasteiger partial charge in [-0.15, -0.1) is 0 Å². The summed E-state index contributed by atoms with van der Waals surface area (Å²) in [7, 11) is 0. The second-order valence-electron chi connectivity index (χ2n) is 8.55. The van der Waals surface area contributed by atoms with Gasteiger partial charge in [0.1, 0.15) is 0 Å². The molecule has 0 aliphatic rings. The lowest BCUT2D eigenvalue weighted by Gasteiger charge is -2.21. The summed E-state index contributed by atoms with van der Waals surface area (Å²) in [6.07, 6.45) is 0.958. The summed E-state index contributed by atoms with van der Waals surface area (Å²) in [5.74, 6) is 0. The molecule has 3 heteroatoms. The van der Waals surface area contributed by atoms with Crippen molar-refractivity contribution in [3.8, 4) is 0 Å². The number of benzene rings is 2. The van der Waals surface area contributed by atoms with Gasteiger partial charge in [-0.2, -0.15) is 0 Å². The van der Waals surface area contributed by atoms with Crippen molar-refractivity contribution in [2.45, 2.75) is 53.4 Å². The van der Waals surface area contributed by atoms with Crippen LogP contribution in [-0.2, 0) is 11.8 Å². The van der Waals surface area contributed by atoms with Gasteiger partial charge in [-0.3, -0.25) is 9.98 Å². The summed E-state index contributed by atoms with van der Waals surface area (Å²) in [4.78, 5) is 14.6. The van der Waals surface area contributed by atoms with E-state index in [0.29, 0.717) is 0 Å². The Morgan fingerprint density at radius 2 is 1.27 bits per heavy atom. The minimum Gasteiger partial charge on any atom is -0.251 e. The molecule has 0 radical (unpaired) electrons. The molecular formula is C27H31N3. The van der Waals surface area contributed by atoms with Gasteiger partial charge >= 0.3 is 0 Å². The van der Waals surface area contributed by atoms with Crippen molar-refractivity contribution in [3.63, 3.8) is 0 Å². The van der Waals surface area contributed by atoms with Crippen molar-refractivity contribution >= 4 is 22.8 Å². The lowest BCUT2D eigenvalue weighted by molar-refractivity contribution is 0.591. The highest BCUT2D eigenvalue weighted by molar-refractivity contribution is 6.02. The van der Waals surface area contributed by atoms with Crippen LogP contribution < -0.4 is 0 Å². The molecular weight excluding hydrogens is 366 g/mol. The van der Waals surface area contributed by atoms with Crippen molar-refractivity contribution in [1.82, 2.24) is 4.98 Å². The summed E-state index contributed by atoms with van der Waals surface area (Å²) < 4.78 is 0. The Hall–Kier alpha value is -3.07. The molecule has 0 fully saturated rings. The van der Waals surface area contributed by atoms with Crippen LogP contribution in [0.2, 0.25) is 0 Å². The molecule has 0 amide bonds. The van der Waals surface area contributed by atoms with Crippen LogP contribution in [0.15, 0.2) is 76.7 Å². The maximum atomic E-state index is 4.92. The van der Waals surface area contributed by atoms with Gasteiger partial charge in [-0.1, -0.05) is 70.2 Å². The molecule has 1 aromatic heterocycles. The normalized spacial score (nSPS) is 12.9. The third-order valence-electron chi connectivity index (χ3n) is 5.15. The van der Waals surface area contributed by atoms with Gasteiger partial charge in [-0.25, -0.2) is 4.98 Å². The number of nitrogens with zero attached hydrogens (tertiary/aromatic N) is 3. The average Bonchev–Trinajstić information content (AvgIpc) is 2.74. The molecule has 3 rings (SSSR count). The van der Waals surface area contributed by atoms with E-state index in [0.717, 1.165) is 40.6 Å². The van der Waals surface area contributed by atoms with Gasteiger partial charge in [0.2, 0.25) is 0 Å². The zero-order valence-electron chi connectivity index (χ0n) is 18.9. The molecule has 0 aliphatic carbocycles. The van der Waals surface area contributed by atoms with Gasteiger partial charge < -0.3 is 0 Å². The van der Waals surface area contributed by atoms with Crippen molar-refractivity contribution in [2.75, 3.05) is 0 Å². The summed E-state index contributed by atoms with van der Waals surface area (Å²) in [6, 6.07) is 22.6. The molecule has 3 nitrogen and oxygen atoms in total. The molecule has 3 aromatic rings. The van der Waals surface area contributed by atoms with E-state index in [4.69, 9.17) is 15.0 Å². The van der Waals surface area contributed by atoms with E-state index in [1.54, 1.807) is 0 Å². The number of rotatable bonds is 5. The third kappa shape index (κ3) is 5.10. The summed E-state index contributed by atoms with van der Waals surface area (Å²) in [5, 5.41) is 0. The first-order chi connectivity index (χ1) is 14.3. The van der Waals surface area contributed by atoms with Crippen molar-refractivity contribution in [3.05, 3.63) is 89.2 Å². The van der Waals surface area contributed by atoms with Crippen LogP contribution in [0.4, 0.5) is 11.4 Å². The molecule has 0 bridgehead atoms. The molecule has 0 spiro atoms. The standard InChI is InChI=1S/C27H31N3/c1-7-21-13-8-10-15-25(21)28-19(2)23-17-12-18-24(30-23)20(3)29-26-16-11-9-14-22(26)27(4,5)6/h8-18H,7H2,1-6H3/b28-19+,29-20+. The Bertz CT molecular complexity index is 1090. The molecule has 0 saturated carbocycles. The van der Waals surface area contributed by atoms with E-state index in [-0.39, 0.29) is 5.41 Å². The lowest BCUT2D eigenvalue weighted by atomic mass is 9.86. The van der Waals surface area contributed by atoms with Crippen molar-refractivity contribution in [1.29, 1.82) is 0 Å². The van der Waals surface area contributed by atoms with Crippen LogP contribution in [0, 0.1) is 0 Å². The fourth-order valence-electron chi connectivity index (χ4n) is 3.44. The van der Waals surface area contributed by atoms with E-state index in [1.165, 1.54) is 11.1 Å². The highest BCUT2D eigenvalue weighted by atomic mass is 14.8. The maximum Gasteiger partial charge on any atom is 0.0849 e. The number of pyridine rings is 1. The minimum absolute atomic E-state index is 0.0333. The summed E-state index contributed by atoms with van der Waals surface area (Å²) in [6.45, 7) is 12.8. The monoisotopic (exact) mass is 397 g/mol. The zero-order valence-corrected chi connectivity index (χ0v) is 18.9. The Balaban J connectivity index is 1.96. The molecule has 0 saturated heterocycles. The molecule has 0 atom stereocenters. The summed E-state index contributed by atoms with van der Waals surface area (Å²) in [5.41, 5.74) is 8.05. The molecule has 0 aliphatic heterocycles. The van der Waals surface area contributed by atoms with Crippen LogP contribution in [0.5, 0.6) is 0 Å². The van der Waals surface area contributed by atoms with Gasteiger partial charge in [0.25, 0.3) is 0 Å². The third-order valence-corrected chi connectivity index (χ3v) is 5.15. The predicted molar refractivity (Wildman–Crippen MR) is 129 cm³/mol. The van der Waals surface area contributed by atoms with E-state index >= 15 is 0 Å². The second-order valence-corrected chi connectivity index (χ2v) is 8.55. The van der Waals surface area contributed by atoms with Crippen molar-refractivity contribution in [2.24, 2.45) is 9.98 Å². The lowest BCUT2D eigenvalue weighted by Crippen LogP contribution is -2.11. The van der Waals surface area contributed by atoms with Crippen LogP contribution in [0.1, 0.15) is 64.1 Å². The highest BCUT2D eigenvalue weighted by Crippen LogP contribution is 2.31. The molecule has 1 heterocycles. The predicted octanol–water partition coefficient (Wildman–Crippen LogP) is 7.22. The molecule has 154 valence electrons. The number of aromatic nitrogens is 1. The number of hydrogen-bond donors (Lipinski definition) is 0. The number of para-hydroxylation sites is 2. The quantitative estimate of drug-likeness (QED) is 0.419. The smallest absolute Gasteiger partial charge is 0.0849 e. The fraction of sp³-hybridized carbons (Fsp3) is 0.296. The Morgan fingerprint density at radius 3 is 1.87 bits per heavy atom. The van der Waals surface area contributed by atoms with Crippen LogP contribution in [-0.4, -0.2) is 16.4 Å². The van der Waals surface area contributed by atoms with Crippen LogP contribution in [0.25, 0.3) is 0 Å². The highest BCUT2D eigenvalue weighted by Gasteiger charge is 2.17.